The van der Waals surface area contributed by atoms with Gasteiger partial charge in [-0.15, -0.1) is 0 Å². The van der Waals surface area contributed by atoms with E-state index in [1.54, 1.807) is 12.4 Å². The Kier molecular flexibility index (Phi) is 4.14. The highest BCUT2D eigenvalue weighted by Crippen LogP contribution is 2.21. The Hall–Kier alpha value is -2.80. The molecule has 0 radical (unpaired) electrons. The molecule has 1 heterocycles. The number of rotatable bonds is 2. The number of nitrogens with zero attached hydrogens (tertiary/aromatic N) is 1. The first-order valence-electron chi connectivity index (χ1n) is 5.72. The summed E-state index contributed by atoms with van der Waals surface area (Å²) < 4.78 is 0. The van der Waals surface area contributed by atoms with Crippen molar-refractivity contribution >= 4 is 6.09 Å². The Morgan fingerprint density at radius 3 is 2.79 bits per heavy atom. The number of carboxylic acid groups (broad SMARTS) is 1. The van der Waals surface area contributed by atoms with E-state index in [1.165, 1.54) is 0 Å². The molecular weight excluding hydrogens is 240 g/mol. The van der Waals surface area contributed by atoms with E-state index in [0.29, 0.717) is 0 Å². The highest BCUT2D eigenvalue weighted by atomic mass is 16.4. The van der Waals surface area contributed by atoms with Crippen molar-refractivity contribution in [3.63, 3.8) is 0 Å². The lowest BCUT2D eigenvalue weighted by atomic mass is 10.0. The molecule has 1 aromatic heterocycles. The summed E-state index contributed by atoms with van der Waals surface area (Å²) in [5.74, 6) is 5.69. The number of amides is 1. The van der Waals surface area contributed by atoms with E-state index < -0.39 is 6.09 Å². The van der Waals surface area contributed by atoms with Crippen LogP contribution in [0.25, 0.3) is 11.1 Å². The van der Waals surface area contributed by atoms with Crippen molar-refractivity contribution in [1.82, 2.24) is 10.3 Å². The first-order valence-corrected chi connectivity index (χ1v) is 5.72. The molecule has 1 aromatic carbocycles. The number of hydrogen-bond donors (Lipinski definition) is 2. The molecular formula is C15H12N2O2. The Morgan fingerprint density at radius 1 is 1.26 bits per heavy atom. The van der Waals surface area contributed by atoms with Crippen LogP contribution in [-0.2, 0) is 0 Å². The lowest BCUT2D eigenvalue weighted by Crippen LogP contribution is -2.20. The minimum atomic E-state index is -1.08. The van der Waals surface area contributed by atoms with Crippen LogP contribution in [0, 0.1) is 11.8 Å². The van der Waals surface area contributed by atoms with Gasteiger partial charge in [-0.1, -0.05) is 42.2 Å². The minimum absolute atomic E-state index is 0.0957. The van der Waals surface area contributed by atoms with Crippen LogP contribution >= 0.6 is 0 Å². The largest absolute Gasteiger partial charge is 0.465 e. The number of benzene rings is 1. The molecule has 0 saturated carbocycles. The lowest BCUT2D eigenvalue weighted by molar-refractivity contribution is 0.196. The summed E-state index contributed by atoms with van der Waals surface area (Å²) in [6.07, 6.45) is 2.31. The van der Waals surface area contributed by atoms with Gasteiger partial charge < -0.3 is 10.4 Å². The summed E-state index contributed by atoms with van der Waals surface area (Å²) in [4.78, 5) is 14.4. The molecule has 0 atom stereocenters. The molecule has 0 bridgehead atoms. The van der Waals surface area contributed by atoms with Crippen LogP contribution in [0.1, 0.15) is 5.56 Å². The molecule has 2 N–H and O–H groups in total. The normalized spacial score (nSPS) is 9.26. The molecule has 4 heteroatoms. The highest BCUT2D eigenvalue weighted by molar-refractivity contribution is 5.70. The summed E-state index contributed by atoms with van der Waals surface area (Å²) in [5, 5.41) is 10.6. The summed E-state index contributed by atoms with van der Waals surface area (Å²) in [6, 6.07) is 11.8. The molecule has 4 nitrogen and oxygen atoms in total. The fourth-order valence-electron chi connectivity index (χ4n) is 1.62. The molecule has 0 spiro atoms. The third-order valence-electron chi connectivity index (χ3n) is 2.46. The maximum Gasteiger partial charge on any atom is 0.405 e. The zero-order valence-electron chi connectivity index (χ0n) is 10.1. The summed E-state index contributed by atoms with van der Waals surface area (Å²) >= 11 is 0. The molecule has 0 aliphatic rings. The van der Waals surface area contributed by atoms with Crippen LogP contribution in [-0.4, -0.2) is 22.7 Å². The van der Waals surface area contributed by atoms with Gasteiger partial charge in [-0.3, -0.25) is 4.98 Å². The monoisotopic (exact) mass is 252 g/mol. The first-order chi connectivity index (χ1) is 9.27. The second kappa shape index (κ2) is 6.22. The number of aromatic nitrogens is 1. The van der Waals surface area contributed by atoms with E-state index in [9.17, 15) is 4.79 Å². The minimum Gasteiger partial charge on any atom is -0.465 e. The lowest BCUT2D eigenvalue weighted by Gasteiger charge is -2.03. The zero-order chi connectivity index (χ0) is 13.5. The van der Waals surface area contributed by atoms with Gasteiger partial charge in [-0.05, 0) is 11.6 Å². The van der Waals surface area contributed by atoms with Gasteiger partial charge in [0.1, 0.15) is 0 Å². The predicted octanol–water partition coefficient (Wildman–Crippen LogP) is 2.37. The molecule has 2 aromatic rings. The topological polar surface area (TPSA) is 62.2 Å². The summed E-state index contributed by atoms with van der Waals surface area (Å²) in [5.41, 5.74) is 2.82. The van der Waals surface area contributed by atoms with Crippen LogP contribution in [0.4, 0.5) is 4.79 Å². The molecule has 2 rings (SSSR count). The van der Waals surface area contributed by atoms with Crippen molar-refractivity contribution < 1.29 is 9.90 Å². The van der Waals surface area contributed by atoms with Gasteiger partial charge >= 0.3 is 6.09 Å². The highest BCUT2D eigenvalue weighted by Gasteiger charge is 2.01. The molecule has 0 saturated heterocycles. The van der Waals surface area contributed by atoms with E-state index >= 15 is 0 Å². The Balaban J connectivity index is 2.24. The van der Waals surface area contributed by atoms with Gasteiger partial charge in [0.15, 0.2) is 0 Å². The molecule has 0 aliphatic heterocycles. The van der Waals surface area contributed by atoms with Crippen molar-refractivity contribution in [3.8, 4) is 23.0 Å². The fraction of sp³-hybridized carbons (Fsp3) is 0.0667. The van der Waals surface area contributed by atoms with Gasteiger partial charge in [0, 0.05) is 18.0 Å². The second-order valence-electron chi connectivity index (χ2n) is 3.75. The summed E-state index contributed by atoms with van der Waals surface area (Å²) in [7, 11) is 0. The molecule has 0 fully saturated rings. The van der Waals surface area contributed by atoms with Gasteiger partial charge in [0.05, 0.1) is 12.1 Å². The van der Waals surface area contributed by atoms with Gasteiger partial charge in [-0.25, -0.2) is 4.79 Å². The summed E-state index contributed by atoms with van der Waals surface area (Å²) in [6.45, 7) is 0.0957. The smallest absolute Gasteiger partial charge is 0.405 e. The van der Waals surface area contributed by atoms with Gasteiger partial charge in [0.2, 0.25) is 0 Å². The van der Waals surface area contributed by atoms with Crippen molar-refractivity contribution in [1.29, 1.82) is 0 Å². The first kappa shape index (κ1) is 12.7. The maximum absolute atomic E-state index is 10.3. The Morgan fingerprint density at radius 2 is 2.05 bits per heavy atom. The van der Waals surface area contributed by atoms with Crippen LogP contribution in [0.2, 0.25) is 0 Å². The second-order valence-corrected chi connectivity index (χ2v) is 3.75. The van der Waals surface area contributed by atoms with Crippen LogP contribution in [0.15, 0.2) is 48.8 Å². The SMILES string of the molecule is O=C(O)NCC#Cc1cnccc1-c1ccccc1. The number of nitrogens with one attached hydrogen (secondary N) is 1. The van der Waals surface area contributed by atoms with Crippen LogP contribution in [0.5, 0.6) is 0 Å². The van der Waals surface area contributed by atoms with Crippen molar-refractivity contribution in [2.45, 2.75) is 0 Å². The van der Waals surface area contributed by atoms with E-state index in [2.05, 4.69) is 22.1 Å². The standard InChI is InChI=1S/C15H12N2O2/c18-15(19)17-9-4-7-13-11-16-10-8-14(13)12-5-2-1-3-6-12/h1-3,5-6,8,10-11,17H,9H2,(H,18,19). The van der Waals surface area contributed by atoms with E-state index in [-0.39, 0.29) is 6.54 Å². The Bertz CT molecular complexity index is 627. The quantitative estimate of drug-likeness (QED) is 0.806. The molecule has 0 unspecified atom stereocenters. The Labute approximate surface area is 111 Å². The average Bonchev–Trinajstić information content (AvgIpc) is 2.45. The van der Waals surface area contributed by atoms with Gasteiger partial charge in [-0.2, -0.15) is 0 Å². The maximum atomic E-state index is 10.3. The number of pyridine rings is 1. The predicted molar refractivity (Wildman–Crippen MR) is 72.6 cm³/mol. The number of hydrogen-bond acceptors (Lipinski definition) is 2. The third-order valence-corrected chi connectivity index (χ3v) is 2.46. The van der Waals surface area contributed by atoms with Crippen molar-refractivity contribution in [2.24, 2.45) is 0 Å². The average molecular weight is 252 g/mol. The van der Waals surface area contributed by atoms with E-state index in [0.717, 1.165) is 16.7 Å². The number of carbonyl (C=O) groups is 1. The molecule has 1 amide bonds. The van der Waals surface area contributed by atoms with Gasteiger partial charge in [0.25, 0.3) is 0 Å². The molecule has 19 heavy (non-hydrogen) atoms. The van der Waals surface area contributed by atoms with Crippen molar-refractivity contribution in [3.05, 3.63) is 54.4 Å². The fourth-order valence-corrected chi connectivity index (χ4v) is 1.62. The van der Waals surface area contributed by atoms with E-state index in [4.69, 9.17) is 5.11 Å². The van der Waals surface area contributed by atoms with Crippen LogP contribution < -0.4 is 5.32 Å². The molecule has 94 valence electrons. The zero-order valence-corrected chi connectivity index (χ0v) is 10.1. The van der Waals surface area contributed by atoms with Crippen molar-refractivity contribution in [2.75, 3.05) is 6.54 Å². The third kappa shape index (κ3) is 3.58. The van der Waals surface area contributed by atoms with Crippen LogP contribution in [0.3, 0.4) is 0 Å². The molecule has 0 aliphatic carbocycles. The van der Waals surface area contributed by atoms with E-state index in [1.807, 2.05) is 36.4 Å².